The lowest BCUT2D eigenvalue weighted by Crippen LogP contribution is -2.50. The van der Waals surface area contributed by atoms with Gasteiger partial charge in [0.25, 0.3) is 0 Å². The van der Waals surface area contributed by atoms with E-state index in [-0.39, 0.29) is 17.9 Å². The van der Waals surface area contributed by atoms with E-state index in [0.29, 0.717) is 35.4 Å². The first-order valence-corrected chi connectivity index (χ1v) is 10.0. The van der Waals surface area contributed by atoms with Crippen LogP contribution in [0.25, 0.3) is 5.57 Å². The highest BCUT2D eigenvalue weighted by Crippen LogP contribution is 2.34. The van der Waals surface area contributed by atoms with E-state index >= 15 is 0 Å². The lowest BCUT2D eigenvalue weighted by Gasteiger charge is -2.39. The maximum atomic E-state index is 13.2. The number of carbonyl (C=O) groups is 1. The number of nitrogens with one attached hydrogen (secondary N) is 3. The van der Waals surface area contributed by atoms with E-state index in [2.05, 4.69) is 15.5 Å². The molecule has 1 aromatic carbocycles. The van der Waals surface area contributed by atoms with Gasteiger partial charge in [-0.2, -0.15) is 0 Å². The van der Waals surface area contributed by atoms with Crippen LogP contribution < -0.4 is 20.4 Å². The van der Waals surface area contributed by atoms with Gasteiger partial charge in [0.2, 0.25) is 0 Å². The fourth-order valence-corrected chi connectivity index (χ4v) is 3.34. The molecule has 0 saturated heterocycles. The summed E-state index contributed by atoms with van der Waals surface area (Å²) in [6.07, 6.45) is 5.36. The Balaban J connectivity index is 1.65. The van der Waals surface area contributed by atoms with Crippen molar-refractivity contribution in [1.29, 1.82) is 5.41 Å². The molecule has 1 aliphatic carbocycles. The molecule has 7 nitrogen and oxygen atoms in total. The minimum absolute atomic E-state index is 0.0957. The molecular formula is C22H25FN6O. The van der Waals surface area contributed by atoms with Gasteiger partial charge in [-0.1, -0.05) is 0 Å². The molecule has 1 aliphatic heterocycles. The Morgan fingerprint density at radius 3 is 2.63 bits per heavy atom. The van der Waals surface area contributed by atoms with Crippen molar-refractivity contribution in [3.05, 3.63) is 54.1 Å². The number of rotatable bonds is 5. The third kappa shape index (κ3) is 4.12. The molecule has 1 fully saturated rings. The van der Waals surface area contributed by atoms with E-state index in [1.165, 1.54) is 30.5 Å². The average molecular weight is 408 g/mol. The predicted octanol–water partition coefficient (Wildman–Crippen LogP) is 3.84. The first-order valence-electron chi connectivity index (χ1n) is 10.0. The number of benzene rings is 1. The van der Waals surface area contributed by atoms with Crippen LogP contribution in [-0.2, 0) is 0 Å². The second-order valence-corrected chi connectivity index (χ2v) is 7.73. The highest BCUT2D eigenvalue weighted by molar-refractivity contribution is 6.08. The van der Waals surface area contributed by atoms with Crippen molar-refractivity contribution in [2.45, 2.75) is 31.8 Å². The number of urea groups is 1. The minimum atomic E-state index is -0.358. The van der Waals surface area contributed by atoms with Crippen molar-refractivity contribution < 1.29 is 9.18 Å². The SMILES string of the molecule is CC1CN(C(=O)Nc2ccc(F)cc2)c2nc(/C(C=N)=C/NC3CC3)ccc2N1C. The number of allylic oxidation sites excluding steroid dienone is 1. The zero-order valence-corrected chi connectivity index (χ0v) is 17.0. The van der Waals surface area contributed by atoms with Crippen molar-refractivity contribution >= 4 is 35.0 Å². The lowest BCUT2D eigenvalue weighted by atomic mass is 10.1. The van der Waals surface area contributed by atoms with Crippen molar-refractivity contribution in [2.24, 2.45) is 0 Å². The Kier molecular flexibility index (Phi) is 5.39. The Hall–Kier alpha value is -3.42. The molecule has 8 heteroatoms. The molecule has 2 amide bonds. The smallest absolute Gasteiger partial charge is 0.327 e. The van der Waals surface area contributed by atoms with E-state index in [0.717, 1.165) is 18.5 Å². The van der Waals surface area contributed by atoms with E-state index in [1.807, 2.05) is 32.3 Å². The van der Waals surface area contributed by atoms with Crippen LogP contribution in [0.1, 0.15) is 25.5 Å². The van der Waals surface area contributed by atoms with Gasteiger partial charge in [0.05, 0.1) is 11.4 Å². The van der Waals surface area contributed by atoms with Crippen LogP contribution in [0.2, 0.25) is 0 Å². The molecule has 0 radical (unpaired) electrons. The van der Waals surface area contributed by atoms with Crippen LogP contribution >= 0.6 is 0 Å². The number of anilines is 3. The van der Waals surface area contributed by atoms with Gasteiger partial charge in [0.1, 0.15) is 5.82 Å². The van der Waals surface area contributed by atoms with Crippen molar-refractivity contribution in [3.63, 3.8) is 0 Å². The Labute approximate surface area is 175 Å². The van der Waals surface area contributed by atoms with Crippen LogP contribution in [0.5, 0.6) is 0 Å². The topological polar surface area (TPSA) is 84.4 Å². The van der Waals surface area contributed by atoms with Crippen molar-refractivity contribution in [3.8, 4) is 0 Å². The number of hydrogen-bond donors (Lipinski definition) is 3. The van der Waals surface area contributed by atoms with Crippen molar-refractivity contribution in [1.82, 2.24) is 10.3 Å². The summed E-state index contributed by atoms with van der Waals surface area (Å²) in [7, 11) is 1.97. The number of amides is 2. The number of carbonyl (C=O) groups excluding carboxylic acids is 1. The van der Waals surface area contributed by atoms with Crippen LogP contribution in [0.3, 0.4) is 0 Å². The summed E-state index contributed by atoms with van der Waals surface area (Å²) in [6.45, 7) is 2.49. The van der Waals surface area contributed by atoms with Crippen LogP contribution in [0.4, 0.5) is 26.4 Å². The summed E-state index contributed by atoms with van der Waals surface area (Å²) < 4.78 is 13.2. The quantitative estimate of drug-likeness (QED) is 0.657. The number of halogens is 1. The van der Waals surface area contributed by atoms with Gasteiger partial charge in [-0.25, -0.2) is 14.2 Å². The second-order valence-electron chi connectivity index (χ2n) is 7.73. The molecule has 1 atom stereocenters. The molecular weight excluding hydrogens is 383 g/mol. The van der Waals surface area contributed by atoms with Gasteiger partial charge >= 0.3 is 6.03 Å². The number of aromatic nitrogens is 1. The number of fused-ring (bicyclic) bond motifs is 1. The number of hydrogen-bond acceptors (Lipinski definition) is 5. The Morgan fingerprint density at radius 2 is 1.97 bits per heavy atom. The molecule has 1 unspecified atom stereocenters. The van der Waals surface area contributed by atoms with Crippen molar-refractivity contribution in [2.75, 3.05) is 28.7 Å². The summed E-state index contributed by atoms with van der Waals surface area (Å²) in [5, 5.41) is 13.9. The predicted molar refractivity (Wildman–Crippen MR) is 118 cm³/mol. The Morgan fingerprint density at radius 1 is 1.23 bits per heavy atom. The standard InChI is InChI=1S/C22H25FN6O/c1-14-13-29(22(30)26-18-5-3-16(23)4-6-18)21-20(28(14)2)10-9-19(27-21)15(11-24)12-25-17-7-8-17/h3-6,9-12,14,17,24-25H,7-8,13H2,1-2H3,(H,26,30)/b15-12+,24-11?. The highest BCUT2D eigenvalue weighted by Gasteiger charge is 2.31. The van der Waals surface area contributed by atoms with Gasteiger partial charge in [0, 0.05) is 49.4 Å². The molecule has 0 spiro atoms. The molecule has 3 N–H and O–H groups in total. The zero-order valence-electron chi connectivity index (χ0n) is 17.0. The molecule has 2 aliphatic rings. The molecule has 2 aromatic rings. The molecule has 156 valence electrons. The number of pyridine rings is 1. The minimum Gasteiger partial charge on any atom is -0.388 e. The molecule has 1 aromatic heterocycles. The fourth-order valence-electron chi connectivity index (χ4n) is 3.34. The zero-order chi connectivity index (χ0) is 21.3. The average Bonchev–Trinajstić information content (AvgIpc) is 3.57. The van der Waals surface area contributed by atoms with Crippen LogP contribution in [0, 0.1) is 11.2 Å². The van der Waals surface area contributed by atoms with Crippen LogP contribution in [0.15, 0.2) is 42.6 Å². The molecule has 0 bridgehead atoms. The normalized spacial score (nSPS) is 18.6. The summed E-state index contributed by atoms with van der Waals surface area (Å²) in [5.74, 6) is 0.176. The lowest BCUT2D eigenvalue weighted by molar-refractivity contribution is 0.256. The molecule has 30 heavy (non-hydrogen) atoms. The third-order valence-corrected chi connectivity index (χ3v) is 5.44. The number of likely N-dealkylation sites (N-methyl/N-ethyl adjacent to an activating group) is 1. The van der Waals surface area contributed by atoms with E-state index < -0.39 is 0 Å². The molecule has 2 heterocycles. The number of nitrogens with zero attached hydrogens (tertiary/aromatic N) is 3. The summed E-state index contributed by atoms with van der Waals surface area (Å²) in [5.41, 5.74) is 2.63. The fraction of sp³-hybridized carbons (Fsp3) is 0.318. The largest absolute Gasteiger partial charge is 0.388 e. The molecule has 1 saturated carbocycles. The maximum Gasteiger partial charge on any atom is 0.327 e. The Bertz CT molecular complexity index is 986. The van der Waals surface area contributed by atoms with Gasteiger partial charge in [-0.3, -0.25) is 4.90 Å². The van der Waals surface area contributed by atoms with Crippen LogP contribution in [-0.4, -0.2) is 42.9 Å². The summed E-state index contributed by atoms with van der Waals surface area (Å²) >= 11 is 0. The first kappa shape index (κ1) is 19.9. The van der Waals surface area contributed by atoms with Gasteiger partial charge in [-0.05, 0) is 56.2 Å². The second kappa shape index (κ2) is 8.14. The summed E-state index contributed by atoms with van der Waals surface area (Å²) in [4.78, 5) is 21.4. The summed E-state index contributed by atoms with van der Waals surface area (Å²) in [6, 6.07) is 9.70. The first-order chi connectivity index (χ1) is 14.5. The highest BCUT2D eigenvalue weighted by atomic mass is 19.1. The van der Waals surface area contributed by atoms with Gasteiger partial charge in [-0.15, -0.1) is 0 Å². The van der Waals surface area contributed by atoms with E-state index in [1.54, 1.807) is 4.90 Å². The van der Waals surface area contributed by atoms with Gasteiger partial charge in [0.15, 0.2) is 5.82 Å². The monoisotopic (exact) mass is 408 g/mol. The van der Waals surface area contributed by atoms with Gasteiger partial charge < -0.3 is 20.9 Å². The maximum absolute atomic E-state index is 13.2. The third-order valence-electron chi connectivity index (χ3n) is 5.44. The van der Waals surface area contributed by atoms with E-state index in [4.69, 9.17) is 10.4 Å². The van der Waals surface area contributed by atoms with E-state index in [9.17, 15) is 9.18 Å². The molecule has 4 rings (SSSR count).